The molecule has 1 unspecified atom stereocenters. The number of likely N-dealkylation sites (N-methyl/N-ethyl adjacent to an activating group) is 1. The molecule has 2 aliphatic rings. The van der Waals surface area contributed by atoms with E-state index in [4.69, 9.17) is 18.8 Å². The number of nitrogens with zero attached hydrogens (tertiary/aromatic N) is 1. The highest BCUT2D eigenvalue weighted by Crippen LogP contribution is 2.44. The largest absolute Gasteiger partial charge is 0.636 e. The van der Waals surface area contributed by atoms with Gasteiger partial charge in [-0.3, -0.25) is 14.5 Å². The predicted molar refractivity (Wildman–Crippen MR) is 118 cm³/mol. The number of benzene rings is 2. The van der Waals surface area contributed by atoms with Crippen molar-refractivity contribution in [2.24, 2.45) is 0 Å². The summed E-state index contributed by atoms with van der Waals surface area (Å²) in [6.07, 6.45) is -3.99. The Balaban J connectivity index is 0.00000103. The predicted octanol–water partition coefficient (Wildman–Crippen LogP) is 3.36. The van der Waals surface area contributed by atoms with Crippen LogP contribution in [0, 0.1) is 0 Å². The monoisotopic (exact) mass is 479 g/mol. The second-order valence-corrected chi connectivity index (χ2v) is 7.90. The molecule has 0 aromatic heterocycles. The molecule has 182 valence electrons. The molecule has 0 bridgehead atoms. The second-order valence-electron chi connectivity index (χ2n) is 7.90. The molecule has 1 fully saturated rings. The highest BCUT2D eigenvalue weighted by atomic mass is 19.4. The van der Waals surface area contributed by atoms with Crippen LogP contribution in [0.25, 0.3) is 0 Å². The Hall–Kier alpha value is -3.21. The molecule has 4 rings (SSSR count). The lowest BCUT2D eigenvalue weighted by Gasteiger charge is -2.22. The van der Waals surface area contributed by atoms with E-state index < -0.39 is 36.9 Å². The maximum atomic E-state index is 13.2. The van der Waals surface area contributed by atoms with E-state index in [1.165, 1.54) is 23.5 Å². The van der Waals surface area contributed by atoms with Crippen LogP contribution in [0.5, 0.6) is 11.5 Å². The third-order valence-electron chi connectivity index (χ3n) is 4.78. The molecule has 0 spiro atoms. The van der Waals surface area contributed by atoms with E-state index in [0.29, 0.717) is 16.8 Å². The summed E-state index contributed by atoms with van der Waals surface area (Å²) >= 11 is 0. The fourth-order valence-electron chi connectivity index (χ4n) is 3.38. The minimum absolute atomic E-state index is 0.0478. The molecule has 1 atom stereocenters. The fourth-order valence-corrected chi connectivity index (χ4v) is 3.38. The van der Waals surface area contributed by atoms with E-state index in [9.17, 15) is 22.8 Å². The molecule has 11 heteroatoms. The summed E-state index contributed by atoms with van der Waals surface area (Å²) in [6.45, 7) is 4.09. The van der Waals surface area contributed by atoms with Crippen LogP contribution in [-0.2, 0) is 25.1 Å². The van der Waals surface area contributed by atoms with Gasteiger partial charge in [0.2, 0.25) is 0 Å². The molecule has 0 amide bonds. The molecule has 1 saturated heterocycles. The van der Waals surface area contributed by atoms with Crippen molar-refractivity contribution in [2.45, 2.75) is 32.5 Å². The van der Waals surface area contributed by atoms with Crippen LogP contribution in [-0.4, -0.2) is 50.7 Å². The van der Waals surface area contributed by atoms with Crippen molar-refractivity contribution >= 4 is 24.5 Å². The van der Waals surface area contributed by atoms with Crippen molar-refractivity contribution in [1.29, 1.82) is 0 Å². The fraction of sp³-hybridized carbons (Fsp3) is 0.391. The summed E-state index contributed by atoms with van der Waals surface area (Å²) in [5.74, 6) is -0.943. The van der Waals surface area contributed by atoms with Gasteiger partial charge in [0.15, 0.2) is 6.10 Å². The average Bonchev–Trinajstić information content (AvgIpc) is 3.15. The van der Waals surface area contributed by atoms with E-state index in [-0.39, 0.29) is 25.4 Å². The van der Waals surface area contributed by atoms with Crippen molar-refractivity contribution in [3.05, 3.63) is 53.6 Å². The number of carbonyl (C=O) groups is 2. The Morgan fingerprint density at radius 2 is 1.62 bits per heavy atom. The third kappa shape index (κ3) is 6.22. The summed E-state index contributed by atoms with van der Waals surface area (Å²) < 4.78 is 60.9. The first kappa shape index (κ1) is 25.4. The van der Waals surface area contributed by atoms with Gasteiger partial charge in [0.25, 0.3) is 0 Å². The number of fused-ring (bicyclic) bond motifs is 1. The quantitative estimate of drug-likeness (QED) is 0.626. The Morgan fingerprint density at radius 3 is 2.18 bits per heavy atom. The molecule has 2 heterocycles. The maximum Gasteiger partial charge on any atom is 0.636 e. The van der Waals surface area contributed by atoms with Crippen LogP contribution in [0.1, 0.15) is 37.5 Å². The van der Waals surface area contributed by atoms with Gasteiger partial charge >= 0.3 is 25.2 Å². The SMILES string of the molecule is CCC.CN1CC(=O)OB(c2ccc(OC3COc4c3cccc4C(F)(F)F)cc2)OC(=O)C1. The first-order valence-corrected chi connectivity index (χ1v) is 10.8. The van der Waals surface area contributed by atoms with Crippen molar-refractivity contribution in [2.75, 3.05) is 26.7 Å². The smallest absolute Gasteiger partial charge is 0.494 e. The zero-order valence-corrected chi connectivity index (χ0v) is 19.1. The third-order valence-corrected chi connectivity index (χ3v) is 4.78. The number of hydrogen-bond donors (Lipinski definition) is 0. The summed E-state index contributed by atoms with van der Waals surface area (Å²) in [6, 6.07) is 10.0. The Bertz CT molecular complexity index is 995. The normalized spacial score (nSPS) is 18.4. The van der Waals surface area contributed by atoms with Gasteiger partial charge < -0.3 is 18.8 Å². The Labute approximate surface area is 195 Å². The zero-order chi connectivity index (χ0) is 24.9. The first-order valence-electron chi connectivity index (χ1n) is 10.8. The number of carbonyl (C=O) groups excluding carboxylic acids is 2. The molecule has 0 radical (unpaired) electrons. The van der Waals surface area contributed by atoms with Crippen molar-refractivity contribution in [1.82, 2.24) is 4.90 Å². The van der Waals surface area contributed by atoms with Gasteiger partial charge in [0.1, 0.15) is 18.1 Å². The second kappa shape index (κ2) is 10.8. The highest BCUT2D eigenvalue weighted by Gasteiger charge is 2.39. The average molecular weight is 479 g/mol. The number of halogens is 3. The molecular weight excluding hydrogens is 454 g/mol. The molecule has 34 heavy (non-hydrogen) atoms. The van der Waals surface area contributed by atoms with Gasteiger partial charge in [-0.1, -0.05) is 44.5 Å². The number of hydrogen-bond acceptors (Lipinski definition) is 7. The lowest BCUT2D eigenvalue weighted by molar-refractivity contribution is -0.145. The van der Waals surface area contributed by atoms with Crippen LogP contribution in [0.4, 0.5) is 13.2 Å². The number of rotatable bonds is 3. The van der Waals surface area contributed by atoms with Crippen LogP contribution in [0.3, 0.4) is 0 Å². The van der Waals surface area contributed by atoms with E-state index >= 15 is 0 Å². The molecule has 7 nitrogen and oxygen atoms in total. The maximum absolute atomic E-state index is 13.2. The summed E-state index contributed by atoms with van der Waals surface area (Å²) in [7, 11) is 0.407. The summed E-state index contributed by atoms with van der Waals surface area (Å²) in [5, 5.41) is 0. The van der Waals surface area contributed by atoms with Crippen LogP contribution in [0.2, 0.25) is 0 Å². The van der Waals surface area contributed by atoms with Gasteiger partial charge in [-0.05, 0) is 25.2 Å². The van der Waals surface area contributed by atoms with E-state index in [1.807, 2.05) is 0 Å². The first-order chi connectivity index (χ1) is 16.1. The molecule has 0 saturated carbocycles. The highest BCUT2D eigenvalue weighted by molar-refractivity contribution is 6.64. The topological polar surface area (TPSA) is 74.3 Å². The van der Waals surface area contributed by atoms with Crippen LogP contribution in [0.15, 0.2) is 42.5 Å². The Kier molecular flexibility index (Phi) is 8.09. The number of alkyl halides is 3. The van der Waals surface area contributed by atoms with E-state index in [2.05, 4.69) is 13.8 Å². The van der Waals surface area contributed by atoms with Crippen LogP contribution < -0.4 is 14.9 Å². The van der Waals surface area contributed by atoms with Crippen LogP contribution >= 0.6 is 0 Å². The minimum Gasteiger partial charge on any atom is -0.494 e. The van der Waals surface area contributed by atoms with Gasteiger partial charge in [-0.25, -0.2) is 0 Å². The molecule has 0 N–H and O–H groups in total. The lowest BCUT2D eigenvalue weighted by atomic mass is 9.78. The van der Waals surface area contributed by atoms with Crippen molar-refractivity contribution < 1.29 is 41.5 Å². The molecule has 2 aromatic carbocycles. The molecule has 2 aliphatic heterocycles. The van der Waals surface area contributed by atoms with E-state index in [1.54, 1.807) is 31.3 Å². The Morgan fingerprint density at radius 1 is 1.03 bits per heavy atom. The minimum atomic E-state index is -4.52. The van der Waals surface area contributed by atoms with E-state index in [0.717, 1.165) is 6.07 Å². The van der Waals surface area contributed by atoms with Gasteiger partial charge in [-0.2, -0.15) is 13.2 Å². The number of ether oxygens (including phenoxy) is 2. The zero-order valence-electron chi connectivity index (χ0n) is 19.1. The van der Waals surface area contributed by atoms with Crippen molar-refractivity contribution in [3.8, 4) is 11.5 Å². The van der Waals surface area contributed by atoms with Gasteiger partial charge in [0, 0.05) is 11.0 Å². The van der Waals surface area contributed by atoms with Crippen molar-refractivity contribution in [3.63, 3.8) is 0 Å². The molecule has 2 aromatic rings. The summed E-state index contributed by atoms with van der Waals surface area (Å²) in [5.41, 5.74) is -0.114. The standard InChI is InChI=1S/C20H17BF3NO6.C3H8/c1-25-9-17(26)30-21(31-18(27)10-25)12-5-7-13(8-6-12)29-16-11-28-19-14(16)3-2-4-15(19)20(22,23)24;1-3-2/h2-8,16H,9-11H2,1H3;3H2,1-2H3. The summed E-state index contributed by atoms with van der Waals surface area (Å²) in [4.78, 5) is 25.2. The molecule has 0 aliphatic carbocycles. The lowest BCUT2D eigenvalue weighted by Crippen LogP contribution is -2.47. The van der Waals surface area contributed by atoms with Gasteiger partial charge in [0.05, 0.1) is 18.7 Å². The molecular formula is C23H25BF3NO6. The van der Waals surface area contributed by atoms with Gasteiger partial charge in [-0.15, -0.1) is 0 Å². The number of para-hydroxylation sites is 1.